The second-order valence-corrected chi connectivity index (χ2v) is 5.07. The van der Waals surface area contributed by atoms with Gasteiger partial charge >= 0.3 is 0 Å². The van der Waals surface area contributed by atoms with Gasteiger partial charge in [-0.2, -0.15) is 0 Å². The second kappa shape index (κ2) is 4.15. The molecule has 3 nitrogen and oxygen atoms in total. The number of β-amino-alcohol motifs (C(OH)–C–C–N with tert-alkyl or cyclic N) is 1. The van der Waals surface area contributed by atoms with E-state index in [9.17, 15) is 5.11 Å². The summed E-state index contributed by atoms with van der Waals surface area (Å²) < 4.78 is 0. The van der Waals surface area contributed by atoms with Crippen LogP contribution in [0, 0.1) is 0 Å². The maximum atomic E-state index is 9.56. The van der Waals surface area contributed by atoms with Gasteiger partial charge in [0.05, 0.1) is 11.8 Å². The number of aromatic nitrogens is 1. The van der Waals surface area contributed by atoms with Crippen molar-refractivity contribution in [3.63, 3.8) is 0 Å². The number of aliphatic hydroxyl groups excluding tert-OH is 1. The van der Waals surface area contributed by atoms with Crippen molar-refractivity contribution in [2.24, 2.45) is 0 Å². The lowest BCUT2D eigenvalue weighted by molar-refractivity contribution is 0.198. The van der Waals surface area contributed by atoms with Gasteiger partial charge < -0.3 is 10.0 Å². The number of nitrogens with zero attached hydrogens (tertiary/aromatic N) is 2. The fourth-order valence-corrected chi connectivity index (χ4v) is 2.66. The van der Waals surface area contributed by atoms with Gasteiger partial charge in [-0.15, -0.1) is 0 Å². The van der Waals surface area contributed by atoms with Crippen molar-refractivity contribution in [3.8, 4) is 0 Å². The van der Waals surface area contributed by atoms with Crippen LogP contribution < -0.4 is 4.90 Å². The predicted octanol–water partition coefficient (Wildman–Crippen LogP) is 2.17. The lowest BCUT2D eigenvalue weighted by atomic mass is 9.92. The number of allylic oxidation sites excluding steroid dienone is 1. The summed E-state index contributed by atoms with van der Waals surface area (Å²) in [6, 6.07) is 4.28. The maximum Gasteiger partial charge on any atom is 0.129 e. The average Bonchev–Trinajstić information content (AvgIpc) is 2.76. The minimum absolute atomic E-state index is 0.192. The van der Waals surface area contributed by atoms with Crippen LogP contribution in [-0.2, 0) is 0 Å². The monoisotopic (exact) mass is 230 g/mol. The molecule has 1 aliphatic heterocycles. The smallest absolute Gasteiger partial charge is 0.129 e. The summed E-state index contributed by atoms with van der Waals surface area (Å²) >= 11 is 0. The van der Waals surface area contributed by atoms with Gasteiger partial charge in [0, 0.05) is 13.1 Å². The topological polar surface area (TPSA) is 36.4 Å². The summed E-state index contributed by atoms with van der Waals surface area (Å²) in [5.41, 5.74) is 2.44. The molecular formula is C14H18N2O. The first-order chi connectivity index (χ1) is 8.24. The molecule has 1 unspecified atom stereocenters. The molecule has 3 rings (SSSR count). The highest BCUT2D eigenvalue weighted by atomic mass is 16.3. The Morgan fingerprint density at radius 3 is 3.06 bits per heavy atom. The Morgan fingerprint density at radius 1 is 1.41 bits per heavy atom. The Kier molecular flexibility index (Phi) is 2.63. The second-order valence-electron chi connectivity index (χ2n) is 5.07. The van der Waals surface area contributed by atoms with Crippen molar-refractivity contribution in [2.75, 3.05) is 18.0 Å². The van der Waals surface area contributed by atoms with Crippen molar-refractivity contribution < 1.29 is 5.11 Å². The van der Waals surface area contributed by atoms with Gasteiger partial charge in [-0.1, -0.05) is 19.1 Å². The summed E-state index contributed by atoms with van der Waals surface area (Å²) in [5.74, 6) is 1.57. The Balaban J connectivity index is 1.91. The van der Waals surface area contributed by atoms with E-state index in [1.54, 1.807) is 0 Å². The minimum atomic E-state index is -0.192. The van der Waals surface area contributed by atoms with Gasteiger partial charge in [0.15, 0.2) is 0 Å². The molecule has 2 atom stereocenters. The zero-order valence-corrected chi connectivity index (χ0v) is 10.1. The minimum Gasteiger partial charge on any atom is -0.391 e. The first kappa shape index (κ1) is 10.8. The lowest BCUT2D eigenvalue weighted by Crippen LogP contribution is -2.22. The van der Waals surface area contributed by atoms with Gasteiger partial charge in [-0.25, -0.2) is 4.98 Å². The number of fused-ring (bicyclic) bond motifs is 1. The average molecular weight is 230 g/mol. The molecule has 2 aliphatic rings. The maximum absolute atomic E-state index is 9.56. The quantitative estimate of drug-likeness (QED) is 0.803. The molecule has 0 amide bonds. The van der Waals surface area contributed by atoms with Gasteiger partial charge in [0.2, 0.25) is 0 Å². The number of anilines is 1. The summed E-state index contributed by atoms with van der Waals surface area (Å²) in [6.45, 7) is 3.86. The standard InChI is InChI=1S/C14H18N2O/c1-10-3-2-4-13-12(10)5-6-14(15-13)16-8-7-11(17)9-16/h2,4-6,10-11,17H,3,7-9H2,1H3/t10?,11-/m0/s1. The van der Waals surface area contributed by atoms with E-state index in [1.165, 1.54) is 5.56 Å². The number of hydrogen-bond acceptors (Lipinski definition) is 3. The first-order valence-electron chi connectivity index (χ1n) is 6.34. The van der Waals surface area contributed by atoms with Crippen molar-refractivity contribution in [1.29, 1.82) is 0 Å². The third kappa shape index (κ3) is 1.95. The summed E-state index contributed by atoms with van der Waals surface area (Å²) in [4.78, 5) is 6.87. The molecule has 1 aromatic rings. The fourth-order valence-electron chi connectivity index (χ4n) is 2.66. The molecule has 0 radical (unpaired) electrons. The summed E-state index contributed by atoms with van der Waals surface area (Å²) in [7, 11) is 0. The van der Waals surface area contributed by atoms with Crippen LogP contribution in [0.4, 0.5) is 5.82 Å². The summed E-state index contributed by atoms with van der Waals surface area (Å²) in [5, 5.41) is 9.56. The number of aliphatic hydroxyl groups is 1. The molecule has 0 saturated carbocycles. The highest BCUT2D eigenvalue weighted by Gasteiger charge is 2.22. The van der Waals surface area contributed by atoms with E-state index < -0.39 is 0 Å². The SMILES string of the molecule is CC1CC=Cc2nc(N3CC[C@H](O)C3)ccc21. The van der Waals surface area contributed by atoms with Gasteiger partial charge in [-0.3, -0.25) is 0 Å². The molecule has 0 spiro atoms. The normalized spacial score (nSPS) is 27.3. The molecule has 1 saturated heterocycles. The van der Waals surface area contributed by atoms with Crippen molar-refractivity contribution >= 4 is 11.9 Å². The predicted molar refractivity (Wildman–Crippen MR) is 69.1 cm³/mol. The molecule has 1 fully saturated rings. The Hall–Kier alpha value is -1.35. The van der Waals surface area contributed by atoms with Crippen molar-refractivity contribution in [3.05, 3.63) is 29.5 Å². The van der Waals surface area contributed by atoms with Crippen molar-refractivity contribution in [1.82, 2.24) is 4.98 Å². The molecule has 1 aliphatic carbocycles. The van der Waals surface area contributed by atoms with E-state index in [4.69, 9.17) is 4.98 Å². The molecule has 17 heavy (non-hydrogen) atoms. The van der Waals surface area contributed by atoms with E-state index in [0.29, 0.717) is 12.5 Å². The fraction of sp³-hybridized carbons (Fsp3) is 0.500. The van der Waals surface area contributed by atoms with Crippen LogP contribution in [0.5, 0.6) is 0 Å². The Bertz CT molecular complexity index is 456. The van der Waals surface area contributed by atoms with Gasteiger partial charge in [0.1, 0.15) is 5.82 Å². The zero-order chi connectivity index (χ0) is 11.8. The first-order valence-corrected chi connectivity index (χ1v) is 6.34. The number of rotatable bonds is 1. The molecule has 90 valence electrons. The molecule has 1 aromatic heterocycles. The van der Waals surface area contributed by atoms with Gasteiger partial charge in [-0.05, 0) is 36.5 Å². The Morgan fingerprint density at radius 2 is 2.29 bits per heavy atom. The number of pyridine rings is 1. The van der Waals surface area contributed by atoms with E-state index >= 15 is 0 Å². The third-order valence-electron chi connectivity index (χ3n) is 3.73. The van der Waals surface area contributed by atoms with E-state index in [0.717, 1.165) is 30.9 Å². The lowest BCUT2D eigenvalue weighted by Gasteiger charge is -2.21. The molecule has 3 heteroatoms. The number of hydrogen-bond donors (Lipinski definition) is 1. The Labute approximate surface area is 102 Å². The van der Waals surface area contributed by atoms with Crippen LogP contribution >= 0.6 is 0 Å². The van der Waals surface area contributed by atoms with E-state index in [2.05, 4.69) is 36.1 Å². The molecule has 0 aromatic carbocycles. The van der Waals surface area contributed by atoms with Crippen LogP contribution in [0.1, 0.15) is 36.9 Å². The van der Waals surface area contributed by atoms with Crippen LogP contribution in [0.3, 0.4) is 0 Å². The molecule has 2 heterocycles. The molecule has 0 bridgehead atoms. The summed E-state index contributed by atoms with van der Waals surface area (Å²) in [6.07, 6.45) is 6.08. The molecular weight excluding hydrogens is 212 g/mol. The van der Waals surface area contributed by atoms with Crippen LogP contribution in [0.15, 0.2) is 18.2 Å². The van der Waals surface area contributed by atoms with Crippen molar-refractivity contribution in [2.45, 2.75) is 31.8 Å². The van der Waals surface area contributed by atoms with Crippen LogP contribution in [0.2, 0.25) is 0 Å². The van der Waals surface area contributed by atoms with E-state index in [1.807, 2.05) is 0 Å². The highest BCUT2D eigenvalue weighted by molar-refractivity contribution is 5.57. The largest absolute Gasteiger partial charge is 0.391 e. The van der Waals surface area contributed by atoms with Crippen LogP contribution in [0.25, 0.3) is 6.08 Å². The molecule has 1 N–H and O–H groups in total. The van der Waals surface area contributed by atoms with E-state index in [-0.39, 0.29) is 6.10 Å². The van der Waals surface area contributed by atoms with Gasteiger partial charge in [0.25, 0.3) is 0 Å². The zero-order valence-electron chi connectivity index (χ0n) is 10.1. The highest BCUT2D eigenvalue weighted by Crippen LogP contribution is 2.30. The third-order valence-corrected chi connectivity index (χ3v) is 3.73. The van der Waals surface area contributed by atoms with Crippen LogP contribution in [-0.4, -0.2) is 29.3 Å².